The van der Waals surface area contributed by atoms with Gasteiger partial charge in [-0.05, 0) is 43.3 Å². The maximum absolute atomic E-state index is 12.2. The molecule has 0 bridgehead atoms. The van der Waals surface area contributed by atoms with Crippen LogP contribution in [0.25, 0.3) is 10.9 Å². The van der Waals surface area contributed by atoms with Crippen molar-refractivity contribution < 1.29 is 4.79 Å². The summed E-state index contributed by atoms with van der Waals surface area (Å²) >= 11 is 1.60. The van der Waals surface area contributed by atoms with Crippen LogP contribution in [0.5, 0.6) is 0 Å². The van der Waals surface area contributed by atoms with E-state index in [2.05, 4.69) is 15.3 Å². The number of nitrogens with zero attached hydrogens (tertiary/aromatic N) is 1. The van der Waals surface area contributed by atoms with Crippen LogP contribution in [-0.2, 0) is 4.79 Å². The van der Waals surface area contributed by atoms with Crippen LogP contribution in [-0.4, -0.2) is 15.9 Å². The number of para-hydroxylation sites is 1. The van der Waals surface area contributed by atoms with Crippen molar-refractivity contribution in [1.82, 2.24) is 9.97 Å². The Kier molecular flexibility index (Phi) is 4.66. The molecule has 122 valence electrons. The molecule has 1 amide bonds. The third-order valence-electron chi connectivity index (χ3n) is 3.50. The van der Waals surface area contributed by atoms with E-state index in [1.54, 1.807) is 17.8 Å². The Bertz CT molecular complexity index is 935. The molecular weight excluding hydrogens is 322 g/mol. The molecule has 2 aromatic carbocycles. The molecule has 0 radical (unpaired) electrons. The van der Waals surface area contributed by atoms with Crippen molar-refractivity contribution >= 4 is 34.3 Å². The highest BCUT2D eigenvalue weighted by atomic mass is 32.2. The van der Waals surface area contributed by atoms with E-state index in [1.807, 2.05) is 49.4 Å². The molecule has 24 heavy (non-hydrogen) atoms. The number of aromatic nitrogens is 2. The summed E-state index contributed by atoms with van der Waals surface area (Å²) in [5, 5.41) is 3.33. The second-order valence-corrected chi connectivity index (χ2v) is 6.85. The van der Waals surface area contributed by atoms with Gasteiger partial charge >= 0.3 is 0 Å². The Morgan fingerprint density at radius 3 is 2.58 bits per heavy atom. The lowest BCUT2D eigenvalue weighted by atomic mass is 10.2. The maximum Gasteiger partial charge on any atom is 0.258 e. The Morgan fingerprint density at radius 1 is 1.17 bits per heavy atom. The molecule has 2 N–H and O–H groups in total. The molecule has 5 nitrogen and oxygen atoms in total. The summed E-state index contributed by atoms with van der Waals surface area (Å²) in [6.45, 7) is 3.48. The van der Waals surface area contributed by atoms with E-state index in [0.717, 1.165) is 10.6 Å². The first kappa shape index (κ1) is 16.3. The van der Waals surface area contributed by atoms with Crippen molar-refractivity contribution in [2.75, 3.05) is 5.32 Å². The van der Waals surface area contributed by atoms with Gasteiger partial charge in [0.15, 0.2) is 0 Å². The topological polar surface area (TPSA) is 74.8 Å². The number of nitrogens with one attached hydrogen (secondary N) is 2. The molecule has 0 saturated heterocycles. The van der Waals surface area contributed by atoms with Gasteiger partial charge in [-0.2, -0.15) is 0 Å². The summed E-state index contributed by atoms with van der Waals surface area (Å²) in [7, 11) is 0. The second kappa shape index (κ2) is 6.88. The van der Waals surface area contributed by atoms with Gasteiger partial charge < -0.3 is 10.3 Å². The van der Waals surface area contributed by atoms with Crippen LogP contribution in [0.2, 0.25) is 0 Å². The van der Waals surface area contributed by atoms with Gasteiger partial charge in [0.05, 0.1) is 16.2 Å². The summed E-state index contributed by atoms with van der Waals surface area (Å²) in [4.78, 5) is 31.7. The van der Waals surface area contributed by atoms with E-state index in [9.17, 15) is 9.59 Å². The average Bonchev–Trinajstić information content (AvgIpc) is 2.56. The van der Waals surface area contributed by atoms with Crippen molar-refractivity contribution in [3.8, 4) is 0 Å². The number of aromatic amines is 1. The molecule has 0 spiro atoms. The van der Waals surface area contributed by atoms with Crippen LogP contribution in [0.4, 0.5) is 5.69 Å². The number of hydrogen-bond acceptors (Lipinski definition) is 4. The Balaban J connectivity index is 1.81. The molecule has 0 aliphatic rings. The fourth-order valence-electron chi connectivity index (χ4n) is 2.38. The minimum Gasteiger partial charge on any atom is -0.326 e. The largest absolute Gasteiger partial charge is 0.326 e. The summed E-state index contributed by atoms with van der Waals surface area (Å²) in [5.74, 6) is 0.552. The van der Waals surface area contributed by atoms with Crippen molar-refractivity contribution in [3.63, 3.8) is 0 Å². The van der Waals surface area contributed by atoms with Crippen LogP contribution in [0.1, 0.15) is 24.9 Å². The number of H-pyrrole nitrogens is 1. The zero-order chi connectivity index (χ0) is 17.1. The molecule has 0 unspecified atom stereocenters. The quantitative estimate of drug-likeness (QED) is 0.710. The zero-order valence-electron chi connectivity index (χ0n) is 13.4. The Labute approximate surface area is 143 Å². The fourth-order valence-corrected chi connectivity index (χ4v) is 3.30. The number of amides is 1. The lowest BCUT2D eigenvalue weighted by Gasteiger charge is -2.12. The lowest BCUT2D eigenvalue weighted by Crippen LogP contribution is -2.12. The number of hydrogen-bond donors (Lipinski definition) is 2. The van der Waals surface area contributed by atoms with Crippen LogP contribution in [0.15, 0.2) is 58.2 Å². The molecular formula is C18H17N3O2S. The first-order valence-electron chi connectivity index (χ1n) is 7.56. The van der Waals surface area contributed by atoms with Gasteiger partial charge in [0, 0.05) is 17.5 Å². The fraction of sp³-hybridized carbons (Fsp3) is 0.167. The zero-order valence-corrected chi connectivity index (χ0v) is 14.2. The van der Waals surface area contributed by atoms with E-state index in [-0.39, 0.29) is 16.7 Å². The van der Waals surface area contributed by atoms with Gasteiger partial charge in [0.1, 0.15) is 5.82 Å². The van der Waals surface area contributed by atoms with E-state index in [4.69, 9.17) is 0 Å². The van der Waals surface area contributed by atoms with Crippen LogP contribution in [0.3, 0.4) is 0 Å². The second-order valence-electron chi connectivity index (χ2n) is 5.43. The first-order chi connectivity index (χ1) is 11.5. The molecule has 0 aliphatic carbocycles. The molecule has 3 rings (SSSR count). The minimum absolute atomic E-state index is 0.00563. The number of carbonyl (C=O) groups is 1. The number of carbonyl (C=O) groups excluding carboxylic acids is 1. The van der Waals surface area contributed by atoms with Gasteiger partial charge in [-0.15, -0.1) is 11.8 Å². The molecule has 1 heterocycles. The maximum atomic E-state index is 12.2. The summed E-state index contributed by atoms with van der Waals surface area (Å²) in [6.07, 6.45) is 0. The Hall–Kier alpha value is -2.60. The van der Waals surface area contributed by atoms with Gasteiger partial charge in [0.2, 0.25) is 5.91 Å². The monoisotopic (exact) mass is 339 g/mol. The van der Waals surface area contributed by atoms with E-state index >= 15 is 0 Å². The van der Waals surface area contributed by atoms with Crippen LogP contribution in [0, 0.1) is 0 Å². The SMILES string of the molecule is CC(=O)Nc1ccc(S[C@H](C)c2nc3ccccc3c(=O)[nH]2)cc1. The molecule has 3 aromatic rings. The van der Waals surface area contributed by atoms with Gasteiger partial charge in [-0.25, -0.2) is 4.98 Å². The van der Waals surface area contributed by atoms with Crippen LogP contribution >= 0.6 is 11.8 Å². The highest BCUT2D eigenvalue weighted by molar-refractivity contribution is 7.99. The van der Waals surface area contributed by atoms with Gasteiger partial charge in [-0.3, -0.25) is 9.59 Å². The van der Waals surface area contributed by atoms with Crippen LogP contribution < -0.4 is 10.9 Å². The van der Waals surface area contributed by atoms with Crippen molar-refractivity contribution in [3.05, 3.63) is 64.7 Å². The Morgan fingerprint density at radius 2 is 1.88 bits per heavy atom. The summed E-state index contributed by atoms with van der Waals surface area (Å²) in [6, 6.07) is 14.9. The highest BCUT2D eigenvalue weighted by Crippen LogP contribution is 2.33. The van der Waals surface area contributed by atoms with Crippen molar-refractivity contribution in [2.45, 2.75) is 24.0 Å². The van der Waals surface area contributed by atoms with Crippen molar-refractivity contribution in [2.24, 2.45) is 0 Å². The predicted molar refractivity (Wildman–Crippen MR) is 97.4 cm³/mol. The molecule has 1 atom stereocenters. The first-order valence-corrected chi connectivity index (χ1v) is 8.44. The molecule has 1 aromatic heterocycles. The van der Waals surface area contributed by atoms with E-state index in [1.165, 1.54) is 6.92 Å². The number of thioether (sulfide) groups is 1. The van der Waals surface area contributed by atoms with E-state index in [0.29, 0.717) is 16.7 Å². The van der Waals surface area contributed by atoms with E-state index < -0.39 is 0 Å². The number of anilines is 1. The molecule has 0 saturated carbocycles. The van der Waals surface area contributed by atoms with Gasteiger partial charge in [-0.1, -0.05) is 12.1 Å². The third kappa shape index (κ3) is 3.65. The number of rotatable bonds is 4. The van der Waals surface area contributed by atoms with Crippen molar-refractivity contribution in [1.29, 1.82) is 0 Å². The number of benzene rings is 2. The summed E-state index contributed by atoms with van der Waals surface area (Å²) in [5.41, 5.74) is 1.34. The van der Waals surface area contributed by atoms with Gasteiger partial charge in [0.25, 0.3) is 5.56 Å². The predicted octanol–water partition coefficient (Wildman–Crippen LogP) is 3.73. The molecule has 0 aliphatic heterocycles. The summed E-state index contributed by atoms with van der Waals surface area (Å²) < 4.78 is 0. The smallest absolute Gasteiger partial charge is 0.258 e. The average molecular weight is 339 g/mol. The highest BCUT2D eigenvalue weighted by Gasteiger charge is 2.12. The standard InChI is InChI=1S/C18H17N3O2S/c1-11(24-14-9-7-13(8-10-14)19-12(2)22)17-20-16-6-4-3-5-15(16)18(23)21-17/h3-11H,1-2H3,(H,19,22)(H,20,21,23)/t11-/m1/s1. The normalized spacial score (nSPS) is 12.1. The number of fused-ring (bicyclic) bond motifs is 1. The lowest BCUT2D eigenvalue weighted by molar-refractivity contribution is -0.114. The molecule has 6 heteroatoms. The third-order valence-corrected chi connectivity index (χ3v) is 4.62. The molecule has 0 fully saturated rings. The minimum atomic E-state index is -0.121.